The SMILES string of the molecule is O=C1Nc2cc(S(=O)(=O)c3ccccc3)ccc2OC1C(F)F. The van der Waals surface area contributed by atoms with Crippen molar-refractivity contribution in [1.82, 2.24) is 0 Å². The van der Waals surface area contributed by atoms with Gasteiger partial charge in [-0.1, -0.05) is 18.2 Å². The van der Waals surface area contributed by atoms with Gasteiger partial charge in [0.05, 0.1) is 15.5 Å². The van der Waals surface area contributed by atoms with E-state index in [2.05, 4.69) is 5.32 Å². The molecule has 1 heterocycles. The molecule has 0 radical (unpaired) electrons. The Morgan fingerprint density at radius 3 is 2.39 bits per heavy atom. The summed E-state index contributed by atoms with van der Waals surface area (Å²) in [7, 11) is -3.77. The van der Waals surface area contributed by atoms with Crippen LogP contribution < -0.4 is 10.1 Å². The molecule has 1 aliphatic heterocycles. The number of nitrogens with one attached hydrogen (secondary N) is 1. The van der Waals surface area contributed by atoms with Gasteiger partial charge in [0, 0.05) is 0 Å². The molecule has 0 aromatic heterocycles. The van der Waals surface area contributed by atoms with E-state index < -0.39 is 28.3 Å². The zero-order valence-electron chi connectivity index (χ0n) is 11.6. The van der Waals surface area contributed by atoms with Crippen molar-refractivity contribution in [3.63, 3.8) is 0 Å². The zero-order chi connectivity index (χ0) is 16.6. The average Bonchev–Trinajstić information content (AvgIpc) is 2.54. The third kappa shape index (κ3) is 2.77. The van der Waals surface area contributed by atoms with E-state index in [1.54, 1.807) is 18.2 Å². The van der Waals surface area contributed by atoms with Crippen LogP contribution in [-0.2, 0) is 14.6 Å². The minimum absolute atomic E-state index is 0.00177. The van der Waals surface area contributed by atoms with Gasteiger partial charge >= 0.3 is 0 Å². The summed E-state index contributed by atoms with van der Waals surface area (Å²) >= 11 is 0. The number of halogens is 2. The first kappa shape index (κ1) is 15.4. The Kier molecular flexibility index (Phi) is 3.77. The number of rotatable bonds is 3. The maximum atomic E-state index is 12.7. The van der Waals surface area contributed by atoms with Crippen molar-refractivity contribution in [1.29, 1.82) is 0 Å². The third-order valence-corrected chi connectivity index (χ3v) is 5.08. The van der Waals surface area contributed by atoms with Crippen molar-refractivity contribution >= 4 is 21.4 Å². The second-order valence-electron chi connectivity index (χ2n) is 4.84. The summed E-state index contributed by atoms with van der Waals surface area (Å²) in [5.41, 5.74) is 0.0453. The Bertz CT molecular complexity index is 853. The van der Waals surface area contributed by atoms with Crippen molar-refractivity contribution in [3.05, 3.63) is 48.5 Å². The molecule has 8 heteroatoms. The number of anilines is 1. The van der Waals surface area contributed by atoms with Crippen molar-refractivity contribution in [2.75, 3.05) is 5.32 Å². The molecule has 2 aromatic carbocycles. The van der Waals surface area contributed by atoms with E-state index in [-0.39, 0.29) is 21.2 Å². The van der Waals surface area contributed by atoms with Gasteiger partial charge in [0.15, 0.2) is 0 Å². The van der Waals surface area contributed by atoms with E-state index in [1.807, 2.05) is 0 Å². The quantitative estimate of drug-likeness (QED) is 0.932. The van der Waals surface area contributed by atoms with Crippen LogP contribution in [0.25, 0.3) is 0 Å². The summed E-state index contributed by atoms with van der Waals surface area (Å²) < 4.78 is 55.3. The van der Waals surface area contributed by atoms with Crippen LogP contribution in [0, 0.1) is 0 Å². The van der Waals surface area contributed by atoms with Gasteiger partial charge in [0.1, 0.15) is 5.75 Å². The molecule has 1 N–H and O–H groups in total. The summed E-state index contributed by atoms with van der Waals surface area (Å²) in [6.07, 6.45) is -4.88. The highest BCUT2D eigenvalue weighted by molar-refractivity contribution is 7.91. The molecular weight excluding hydrogens is 328 g/mol. The maximum absolute atomic E-state index is 12.7. The Hall–Kier alpha value is -2.48. The van der Waals surface area contributed by atoms with Gasteiger partial charge in [-0.2, -0.15) is 0 Å². The van der Waals surface area contributed by atoms with Crippen LogP contribution in [0.15, 0.2) is 58.3 Å². The lowest BCUT2D eigenvalue weighted by Gasteiger charge is -2.25. The standard InChI is InChI=1S/C15H11F2NO4S/c16-14(17)13-15(19)18-11-8-10(6-7-12(11)22-13)23(20,21)9-4-2-1-3-5-9/h1-8,13-14H,(H,18,19). The summed E-state index contributed by atoms with van der Waals surface area (Å²) in [6, 6.07) is 11.4. The van der Waals surface area contributed by atoms with Crippen LogP contribution >= 0.6 is 0 Å². The second-order valence-corrected chi connectivity index (χ2v) is 6.79. The van der Waals surface area contributed by atoms with Gasteiger partial charge in [-0.25, -0.2) is 17.2 Å². The number of alkyl halides is 2. The number of sulfone groups is 1. The third-order valence-electron chi connectivity index (χ3n) is 3.31. The van der Waals surface area contributed by atoms with Crippen molar-refractivity contribution in [3.8, 4) is 5.75 Å². The molecule has 23 heavy (non-hydrogen) atoms. The van der Waals surface area contributed by atoms with Crippen LogP contribution in [0.1, 0.15) is 0 Å². The lowest BCUT2D eigenvalue weighted by Crippen LogP contribution is -2.42. The number of benzene rings is 2. The fourth-order valence-electron chi connectivity index (χ4n) is 2.17. The minimum Gasteiger partial charge on any atom is -0.472 e. The fraction of sp³-hybridized carbons (Fsp3) is 0.133. The summed E-state index contributed by atoms with van der Waals surface area (Å²) in [5.74, 6) is -1.01. The molecule has 0 bridgehead atoms. The van der Waals surface area contributed by atoms with E-state index in [0.29, 0.717) is 0 Å². The van der Waals surface area contributed by atoms with Gasteiger partial charge in [0.2, 0.25) is 15.9 Å². The zero-order valence-corrected chi connectivity index (χ0v) is 12.4. The number of hydrogen-bond acceptors (Lipinski definition) is 4. The highest BCUT2D eigenvalue weighted by atomic mass is 32.2. The molecule has 1 amide bonds. The number of hydrogen-bond donors (Lipinski definition) is 1. The van der Waals surface area contributed by atoms with Gasteiger partial charge in [-0.3, -0.25) is 4.79 Å². The first-order valence-corrected chi connectivity index (χ1v) is 8.08. The van der Waals surface area contributed by atoms with Gasteiger partial charge in [-0.15, -0.1) is 0 Å². The Morgan fingerprint density at radius 1 is 1.04 bits per heavy atom. The van der Waals surface area contributed by atoms with Crippen molar-refractivity contribution < 1.29 is 26.7 Å². The summed E-state index contributed by atoms with van der Waals surface area (Å²) in [6.45, 7) is 0. The maximum Gasteiger partial charge on any atom is 0.283 e. The molecule has 2 aromatic rings. The molecule has 0 saturated carbocycles. The molecule has 0 aliphatic carbocycles. The highest BCUT2D eigenvalue weighted by Gasteiger charge is 2.35. The fourth-order valence-corrected chi connectivity index (χ4v) is 3.48. The van der Waals surface area contributed by atoms with Gasteiger partial charge in [0.25, 0.3) is 12.3 Å². The summed E-state index contributed by atoms with van der Waals surface area (Å²) in [5, 5.41) is 2.25. The van der Waals surface area contributed by atoms with E-state index >= 15 is 0 Å². The molecular formula is C15H11F2NO4S. The lowest BCUT2D eigenvalue weighted by molar-refractivity contribution is -0.130. The molecule has 0 saturated heterocycles. The monoisotopic (exact) mass is 339 g/mol. The Balaban J connectivity index is 2.00. The first-order chi connectivity index (χ1) is 10.9. The van der Waals surface area contributed by atoms with E-state index in [9.17, 15) is 22.0 Å². The number of amides is 1. The van der Waals surface area contributed by atoms with E-state index in [4.69, 9.17) is 4.74 Å². The first-order valence-electron chi connectivity index (χ1n) is 6.59. The Morgan fingerprint density at radius 2 is 1.74 bits per heavy atom. The smallest absolute Gasteiger partial charge is 0.283 e. The van der Waals surface area contributed by atoms with Crippen molar-refractivity contribution in [2.45, 2.75) is 22.3 Å². The molecule has 1 atom stereocenters. The van der Waals surface area contributed by atoms with Gasteiger partial charge in [-0.05, 0) is 30.3 Å². The molecule has 120 valence electrons. The predicted molar refractivity (Wildman–Crippen MR) is 77.4 cm³/mol. The van der Waals surface area contributed by atoms with Crippen LogP contribution in [-0.4, -0.2) is 26.9 Å². The minimum atomic E-state index is -3.77. The molecule has 1 unspecified atom stereocenters. The molecule has 3 rings (SSSR count). The predicted octanol–water partition coefficient (Wildman–Crippen LogP) is 2.48. The number of fused-ring (bicyclic) bond motifs is 1. The van der Waals surface area contributed by atoms with Crippen LogP contribution in [0.2, 0.25) is 0 Å². The number of carbonyl (C=O) groups excluding carboxylic acids is 1. The van der Waals surface area contributed by atoms with E-state index in [1.165, 1.54) is 30.3 Å². The lowest BCUT2D eigenvalue weighted by atomic mass is 10.2. The van der Waals surface area contributed by atoms with Crippen molar-refractivity contribution in [2.24, 2.45) is 0 Å². The molecule has 5 nitrogen and oxygen atoms in total. The largest absolute Gasteiger partial charge is 0.472 e. The van der Waals surface area contributed by atoms with Crippen LogP contribution in [0.4, 0.5) is 14.5 Å². The molecule has 0 spiro atoms. The normalized spacial score (nSPS) is 17.3. The number of carbonyl (C=O) groups is 1. The molecule has 0 fully saturated rings. The molecule has 1 aliphatic rings. The van der Waals surface area contributed by atoms with Crippen LogP contribution in [0.5, 0.6) is 5.75 Å². The van der Waals surface area contributed by atoms with E-state index in [0.717, 1.165) is 0 Å². The van der Waals surface area contributed by atoms with Gasteiger partial charge < -0.3 is 10.1 Å². The average molecular weight is 339 g/mol. The number of ether oxygens (including phenoxy) is 1. The second kappa shape index (κ2) is 5.62. The topological polar surface area (TPSA) is 72.5 Å². The highest BCUT2D eigenvalue weighted by Crippen LogP contribution is 2.34. The van der Waals surface area contributed by atoms with Crippen LogP contribution in [0.3, 0.4) is 0 Å². The summed E-state index contributed by atoms with van der Waals surface area (Å²) in [4.78, 5) is 11.6. The Labute approximate surface area is 130 Å².